The van der Waals surface area contributed by atoms with E-state index in [9.17, 15) is 4.39 Å². The van der Waals surface area contributed by atoms with Crippen LogP contribution in [0.3, 0.4) is 0 Å². The number of nitrogens with one attached hydrogen (secondary N) is 1. The smallest absolute Gasteiger partial charge is 0.127 e. The Morgan fingerprint density at radius 3 is 2.68 bits per heavy atom. The van der Waals surface area contributed by atoms with Crippen LogP contribution >= 0.6 is 0 Å². The molecule has 1 N–H and O–H groups in total. The first-order valence-electron chi connectivity index (χ1n) is 7.34. The van der Waals surface area contributed by atoms with Gasteiger partial charge in [-0.25, -0.2) is 4.39 Å². The van der Waals surface area contributed by atoms with Gasteiger partial charge in [0.2, 0.25) is 0 Å². The van der Waals surface area contributed by atoms with Crippen molar-refractivity contribution < 1.29 is 4.39 Å². The second-order valence-electron chi connectivity index (χ2n) is 5.19. The second-order valence-corrected chi connectivity index (χ2v) is 5.19. The summed E-state index contributed by atoms with van der Waals surface area (Å²) in [6.45, 7) is 7.85. The Labute approximate surface area is 117 Å². The lowest BCUT2D eigenvalue weighted by Gasteiger charge is -2.17. The molecule has 0 radical (unpaired) electrons. The van der Waals surface area contributed by atoms with E-state index in [0.29, 0.717) is 6.54 Å². The minimum atomic E-state index is -0.0948. The zero-order valence-corrected chi connectivity index (χ0v) is 12.5. The van der Waals surface area contributed by atoms with Crippen LogP contribution in [0.25, 0.3) is 0 Å². The summed E-state index contributed by atoms with van der Waals surface area (Å²) in [5, 5.41) is 3.35. The normalized spacial score (nSPS) is 11.2. The van der Waals surface area contributed by atoms with Crippen molar-refractivity contribution in [3.63, 3.8) is 0 Å². The van der Waals surface area contributed by atoms with Crippen LogP contribution in [-0.2, 0) is 13.1 Å². The fraction of sp³-hybridized carbons (Fsp3) is 0.625. The van der Waals surface area contributed by atoms with Crippen LogP contribution in [0.15, 0.2) is 18.2 Å². The summed E-state index contributed by atoms with van der Waals surface area (Å²) in [5.74, 6) is -0.0948. The van der Waals surface area contributed by atoms with Gasteiger partial charge in [-0.05, 0) is 44.6 Å². The Morgan fingerprint density at radius 2 is 2.00 bits per heavy atom. The van der Waals surface area contributed by atoms with Crippen molar-refractivity contribution in [1.82, 2.24) is 10.2 Å². The molecule has 0 aliphatic heterocycles. The maximum absolute atomic E-state index is 13.8. The number of halogens is 1. The third-order valence-electron chi connectivity index (χ3n) is 3.20. The third kappa shape index (κ3) is 6.17. The van der Waals surface area contributed by atoms with Gasteiger partial charge in [0, 0.05) is 18.7 Å². The van der Waals surface area contributed by atoms with Gasteiger partial charge in [0.15, 0.2) is 0 Å². The summed E-state index contributed by atoms with van der Waals surface area (Å²) < 4.78 is 13.8. The van der Waals surface area contributed by atoms with Crippen molar-refractivity contribution in [2.75, 3.05) is 20.1 Å². The molecule has 1 aromatic rings. The predicted molar refractivity (Wildman–Crippen MR) is 79.6 cm³/mol. The van der Waals surface area contributed by atoms with Crippen molar-refractivity contribution >= 4 is 0 Å². The van der Waals surface area contributed by atoms with E-state index in [1.165, 1.54) is 6.42 Å². The van der Waals surface area contributed by atoms with E-state index in [1.54, 1.807) is 6.07 Å². The van der Waals surface area contributed by atoms with Gasteiger partial charge in [-0.2, -0.15) is 0 Å². The molecule has 0 saturated heterocycles. The highest BCUT2D eigenvalue weighted by molar-refractivity contribution is 5.25. The van der Waals surface area contributed by atoms with Crippen LogP contribution in [-0.4, -0.2) is 25.0 Å². The summed E-state index contributed by atoms with van der Waals surface area (Å²) in [6.07, 6.45) is 3.46. The molecular weight excluding hydrogens is 239 g/mol. The molecular formula is C16H27FN2. The van der Waals surface area contributed by atoms with Gasteiger partial charge >= 0.3 is 0 Å². The molecule has 2 nitrogen and oxygen atoms in total. The SMILES string of the molecule is CCCCN(C)Cc1cc(CNCCC)ccc1F. The summed E-state index contributed by atoms with van der Waals surface area (Å²) in [5.41, 5.74) is 1.96. The van der Waals surface area contributed by atoms with E-state index in [-0.39, 0.29) is 5.82 Å². The molecule has 0 spiro atoms. The summed E-state index contributed by atoms with van der Waals surface area (Å²) >= 11 is 0. The van der Waals surface area contributed by atoms with E-state index in [1.807, 2.05) is 12.1 Å². The van der Waals surface area contributed by atoms with E-state index in [0.717, 1.165) is 43.6 Å². The summed E-state index contributed by atoms with van der Waals surface area (Å²) in [4.78, 5) is 2.19. The third-order valence-corrected chi connectivity index (χ3v) is 3.20. The first-order chi connectivity index (χ1) is 9.17. The first kappa shape index (κ1) is 16.1. The predicted octanol–water partition coefficient (Wildman–Crippen LogP) is 3.56. The Hall–Kier alpha value is -0.930. The second kappa shape index (κ2) is 9.05. The molecule has 108 valence electrons. The molecule has 0 saturated carbocycles. The molecule has 0 bridgehead atoms. The van der Waals surface area contributed by atoms with Crippen LogP contribution in [0, 0.1) is 5.82 Å². The largest absolute Gasteiger partial charge is 0.313 e. The molecule has 0 aliphatic carbocycles. The first-order valence-corrected chi connectivity index (χ1v) is 7.34. The Bertz CT molecular complexity index is 366. The van der Waals surface area contributed by atoms with Gasteiger partial charge in [-0.1, -0.05) is 32.4 Å². The maximum atomic E-state index is 13.8. The Balaban J connectivity index is 2.58. The minimum absolute atomic E-state index is 0.0948. The van der Waals surface area contributed by atoms with Crippen molar-refractivity contribution in [3.05, 3.63) is 35.1 Å². The number of hydrogen-bond acceptors (Lipinski definition) is 2. The number of rotatable bonds is 9. The molecule has 19 heavy (non-hydrogen) atoms. The number of hydrogen-bond donors (Lipinski definition) is 1. The fourth-order valence-corrected chi connectivity index (χ4v) is 2.07. The Kier molecular flexibility index (Phi) is 7.68. The fourth-order valence-electron chi connectivity index (χ4n) is 2.07. The highest BCUT2D eigenvalue weighted by Gasteiger charge is 2.06. The lowest BCUT2D eigenvalue weighted by atomic mass is 10.1. The van der Waals surface area contributed by atoms with Gasteiger partial charge < -0.3 is 10.2 Å². The molecule has 3 heteroatoms. The molecule has 0 atom stereocenters. The zero-order chi connectivity index (χ0) is 14.1. The molecule has 0 unspecified atom stereocenters. The van der Waals surface area contributed by atoms with E-state index < -0.39 is 0 Å². The van der Waals surface area contributed by atoms with E-state index >= 15 is 0 Å². The van der Waals surface area contributed by atoms with Gasteiger partial charge in [0.05, 0.1) is 0 Å². The Morgan fingerprint density at radius 1 is 1.21 bits per heavy atom. The van der Waals surface area contributed by atoms with Crippen LogP contribution in [0.1, 0.15) is 44.2 Å². The van der Waals surface area contributed by atoms with Crippen molar-refractivity contribution in [1.29, 1.82) is 0 Å². The minimum Gasteiger partial charge on any atom is -0.313 e. The van der Waals surface area contributed by atoms with Crippen LogP contribution in [0.4, 0.5) is 4.39 Å². The van der Waals surface area contributed by atoms with E-state index in [2.05, 4.69) is 31.1 Å². The van der Waals surface area contributed by atoms with Crippen molar-refractivity contribution in [3.8, 4) is 0 Å². The van der Waals surface area contributed by atoms with Gasteiger partial charge in [-0.15, -0.1) is 0 Å². The quantitative estimate of drug-likeness (QED) is 0.688. The highest BCUT2D eigenvalue weighted by atomic mass is 19.1. The van der Waals surface area contributed by atoms with Gasteiger partial charge in [0.25, 0.3) is 0 Å². The molecule has 0 aliphatic rings. The van der Waals surface area contributed by atoms with Crippen molar-refractivity contribution in [2.24, 2.45) is 0 Å². The number of unbranched alkanes of at least 4 members (excludes halogenated alkanes) is 1. The molecule has 0 aromatic heterocycles. The maximum Gasteiger partial charge on any atom is 0.127 e. The molecule has 0 fully saturated rings. The van der Waals surface area contributed by atoms with Crippen LogP contribution in [0.2, 0.25) is 0 Å². The topological polar surface area (TPSA) is 15.3 Å². The number of nitrogens with zero attached hydrogens (tertiary/aromatic N) is 1. The highest BCUT2D eigenvalue weighted by Crippen LogP contribution is 2.13. The van der Waals surface area contributed by atoms with Crippen LogP contribution in [0.5, 0.6) is 0 Å². The van der Waals surface area contributed by atoms with Crippen LogP contribution < -0.4 is 5.32 Å². The zero-order valence-electron chi connectivity index (χ0n) is 12.5. The van der Waals surface area contributed by atoms with Gasteiger partial charge in [-0.3, -0.25) is 0 Å². The lowest BCUT2D eigenvalue weighted by Crippen LogP contribution is -2.20. The average Bonchev–Trinajstić information content (AvgIpc) is 2.40. The summed E-state index contributed by atoms with van der Waals surface area (Å²) in [6, 6.07) is 5.44. The molecule has 1 aromatic carbocycles. The van der Waals surface area contributed by atoms with Gasteiger partial charge in [0.1, 0.15) is 5.82 Å². The summed E-state index contributed by atoms with van der Waals surface area (Å²) in [7, 11) is 2.05. The standard InChI is InChI=1S/C16H27FN2/c1-4-6-10-19(3)13-15-11-14(7-8-16(15)17)12-18-9-5-2/h7-8,11,18H,4-6,9-10,12-13H2,1-3H3. The molecule has 0 heterocycles. The average molecular weight is 266 g/mol. The molecule has 0 amide bonds. The molecule has 1 rings (SSSR count). The van der Waals surface area contributed by atoms with E-state index in [4.69, 9.17) is 0 Å². The lowest BCUT2D eigenvalue weighted by molar-refractivity contribution is 0.315. The monoisotopic (exact) mass is 266 g/mol. The van der Waals surface area contributed by atoms with Crippen molar-refractivity contribution in [2.45, 2.75) is 46.2 Å². The number of benzene rings is 1.